The second-order valence-electron chi connectivity index (χ2n) is 4.36. The lowest BCUT2D eigenvalue weighted by atomic mass is 10.3. The van der Waals surface area contributed by atoms with Gasteiger partial charge in [0, 0.05) is 12.2 Å². The van der Waals surface area contributed by atoms with Crippen molar-refractivity contribution < 1.29 is 9.31 Å². The van der Waals surface area contributed by atoms with Gasteiger partial charge in [-0.1, -0.05) is 18.5 Å². The fourth-order valence-corrected chi connectivity index (χ4v) is 1.91. The first-order valence-corrected chi connectivity index (χ1v) is 6.86. The van der Waals surface area contributed by atoms with Crippen LogP contribution in [-0.4, -0.2) is 21.4 Å². The van der Waals surface area contributed by atoms with Gasteiger partial charge in [0.25, 0.3) is 0 Å². The number of hydrogen-bond acceptors (Lipinski definition) is 6. The van der Waals surface area contributed by atoms with Gasteiger partial charge in [0.05, 0.1) is 9.95 Å². The summed E-state index contributed by atoms with van der Waals surface area (Å²) in [5.41, 5.74) is 0.103. The standard InChI is InChI=1S/C13H13ClFN5O2/c1-2-5-16-12-11(20(21)22)13(18-7-17-12)19-8-3-4-10(15)9(14)6-8/h3-4,6-7H,2,5H2,1H3,(H2,16,17,18,19). The van der Waals surface area contributed by atoms with Gasteiger partial charge >= 0.3 is 5.69 Å². The zero-order valence-electron chi connectivity index (χ0n) is 11.6. The van der Waals surface area contributed by atoms with Crippen LogP contribution in [0, 0.1) is 15.9 Å². The molecule has 0 fully saturated rings. The van der Waals surface area contributed by atoms with Crippen molar-refractivity contribution in [3.8, 4) is 0 Å². The molecule has 22 heavy (non-hydrogen) atoms. The molecule has 7 nitrogen and oxygen atoms in total. The highest BCUT2D eigenvalue weighted by Gasteiger charge is 2.22. The highest BCUT2D eigenvalue weighted by atomic mass is 35.5. The van der Waals surface area contributed by atoms with Crippen molar-refractivity contribution in [2.24, 2.45) is 0 Å². The summed E-state index contributed by atoms with van der Waals surface area (Å²) in [7, 11) is 0. The third-order valence-corrected chi connectivity index (χ3v) is 3.02. The quantitative estimate of drug-likeness (QED) is 0.620. The van der Waals surface area contributed by atoms with Crippen LogP contribution in [0.4, 0.5) is 27.4 Å². The Labute approximate surface area is 130 Å². The first-order valence-electron chi connectivity index (χ1n) is 6.48. The molecule has 1 aromatic carbocycles. The number of nitrogens with one attached hydrogen (secondary N) is 2. The van der Waals surface area contributed by atoms with Crippen LogP contribution >= 0.6 is 11.6 Å². The minimum absolute atomic E-state index is 0.00118. The number of benzene rings is 1. The van der Waals surface area contributed by atoms with Crippen LogP contribution < -0.4 is 10.6 Å². The number of nitro groups is 1. The van der Waals surface area contributed by atoms with Gasteiger partial charge in [-0.05, 0) is 24.6 Å². The van der Waals surface area contributed by atoms with Gasteiger partial charge in [-0.25, -0.2) is 14.4 Å². The van der Waals surface area contributed by atoms with Crippen molar-refractivity contribution in [2.45, 2.75) is 13.3 Å². The van der Waals surface area contributed by atoms with Gasteiger partial charge in [-0.3, -0.25) is 10.1 Å². The Bertz CT molecular complexity index is 698. The van der Waals surface area contributed by atoms with Crippen molar-refractivity contribution >= 4 is 34.6 Å². The van der Waals surface area contributed by atoms with Crippen LogP contribution in [-0.2, 0) is 0 Å². The van der Waals surface area contributed by atoms with E-state index in [9.17, 15) is 14.5 Å². The van der Waals surface area contributed by atoms with E-state index in [0.717, 1.165) is 12.5 Å². The molecule has 0 radical (unpaired) electrons. The maximum absolute atomic E-state index is 13.1. The third kappa shape index (κ3) is 3.59. The predicted molar refractivity (Wildman–Crippen MR) is 82.2 cm³/mol. The van der Waals surface area contributed by atoms with Gasteiger partial charge in [0.2, 0.25) is 11.6 Å². The van der Waals surface area contributed by atoms with Crippen LogP contribution in [0.1, 0.15) is 13.3 Å². The van der Waals surface area contributed by atoms with Crippen molar-refractivity contribution in [2.75, 3.05) is 17.2 Å². The Morgan fingerprint density at radius 2 is 2.09 bits per heavy atom. The first kappa shape index (κ1) is 15.9. The van der Waals surface area contributed by atoms with E-state index >= 15 is 0 Å². The molecule has 0 aliphatic carbocycles. The highest BCUT2D eigenvalue weighted by Crippen LogP contribution is 2.31. The van der Waals surface area contributed by atoms with Crippen molar-refractivity contribution in [3.05, 3.63) is 45.5 Å². The molecule has 9 heteroatoms. The Hall–Kier alpha value is -2.48. The lowest BCUT2D eigenvalue weighted by Gasteiger charge is -2.09. The SMILES string of the molecule is CCCNc1ncnc(Nc2ccc(F)c(Cl)c2)c1[N+](=O)[O-]. The number of rotatable bonds is 6. The maximum Gasteiger partial charge on any atom is 0.353 e. The van der Waals surface area contributed by atoms with E-state index < -0.39 is 10.7 Å². The predicted octanol–water partition coefficient (Wildman–Crippen LogP) is 3.74. The van der Waals surface area contributed by atoms with Crippen molar-refractivity contribution in [1.82, 2.24) is 9.97 Å². The Morgan fingerprint density at radius 3 is 2.73 bits per heavy atom. The van der Waals surface area contributed by atoms with Gasteiger partial charge < -0.3 is 10.6 Å². The van der Waals surface area contributed by atoms with E-state index in [0.29, 0.717) is 12.2 Å². The molecule has 2 aromatic rings. The van der Waals surface area contributed by atoms with Gasteiger partial charge in [-0.15, -0.1) is 0 Å². The number of nitrogens with zero attached hydrogens (tertiary/aromatic N) is 3. The second kappa shape index (κ2) is 6.99. The van der Waals surface area contributed by atoms with Gasteiger partial charge in [0.15, 0.2) is 0 Å². The molecule has 0 aliphatic heterocycles. The summed E-state index contributed by atoms with van der Waals surface area (Å²) in [6.45, 7) is 2.47. The Kier molecular flexibility index (Phi) is 5.05. The molecule has 0 aliphatic rings. The Balaban J connectivity index is 2.37. The minimum Gasteiger partial charge on any atom is -0.364 e. The molecular formula is C13H13ClFN5O2. The molecular weight excluding hydrogens is 313 g/mol. The lowest BCUT2D eigenvalue weighted by Crippen LogP contribution is -2.08. The molecule has 2 rings (SSSR count). The van der Waals surface area contributed by atoms with Crippen molar-refractivity contribution in [1.29, 1.82) is 0 Å². The molecule has 116 valence electrons. The van der Waals surface area contributed by atoms with Crippen LogP contribution in [0.3, 0.4) is 0 Å². The largest absolute Gasteiger partial charge is 0.364 e. The fraction of sp³-hybridized carbons (Fsp3) is 0.231. The number of aromatic nitrogens is 2. The number of hydrogen-bond donors (Lipinski definition) is 2. The molecule has 1 aromatic heterocycles. The van der Waals surface area contributed by atoms with Crippen molar-refractivity contribution in [3.63, 3.8) is 0 Å². The average Bonchev–Trinajstić information content (AvgIpc) is 2.48. The summed E-state index contributed by atoms with van der Waals surface area (Å²) in [6.07, 6.45) is 2.00. The summed E-state index contributed by atoms with van der Waals surface area (Å²) < 4.78 is 13.1. The van der Waals surface area contributed by atoms with Crippen LogP contribution in [0.2, 0.25) is 5.02 Å². The summed E-state index contributed by atoms with van der Waals surface area (Å²) in [6, 6.07) is 3.89. The van der Waals surface area contributed by atoms with E-state index in [1.54, 1.807) is 0 Å². The lowest BCUT2D eigenvalue weighted by molar-refractivity contribution is -0.383. The van der Waals surface area contributed by atoms with E-state index in [1.807, 2.05) is 6.92 Å². The van der Waals surface area contributed by atoms with Gasteiger partial charge in [-0.2, -0.15) is 0 Å². The summed E-state index contributed by atoms with van der Waals surface area (Å²) in [4.78, 5) is 18.5. The highest BCUT2D eigenvalue weighted by molar-refractivity contribution is 6.31. The molecule has 0 amide bonds. The van der Waals surface area contributed by atoms with E-state index in [2.05, 4.69) is 20.6 Å². The number of halogens is 2. The van der Waals surface area contributed by atoms with E-state index in [-0.39, 0.29) is 22.3 Å². The zero-order valence-corrected chi connectivity index (χ0v) is 12.4. The van der Waals surface area contributed by atoms with Gasteiger partial charge in [0.1, 0.15) is 12.1 Å². The van der Waals surface area contributed by atoms with Crippen LogP contribution in [0.15, 0.2) is 24.5 Å². The summed E-state index contributed by atoms with van der Waals surface area (Å²) in [5, 5.41) is 16.8. The monoisotopic (exact) mass is 325 g/mol. The smallest absolute Gasteiger partial charge is 0.353 e. The molecule has 0 unspecified atom stereocenters. The number of anilines is 3. The molecule has 0 saturated carbocycles. The molecule has 1 heterocycles. The second-order valence-corrected chi connectivity index (χ2v) is 4.76. The zero-order chi connectivity index (χ0) is 16.1. The molecule has 0 saturated heterocycles. The minimum atomic E-state index is -0.578. The summed E-state index contributed by atoms with van der Waals surface area (Å²) in [5.74, 6) is -0.450. The van der Waals surface area contributed by atoms with Crippen LogP contribution in [0.25, 0.3) is 0 Å². The average molecular weight is 326 g/mol. The summed E-state index contributed by atoms with van der Waals surface area (Å²) >= 11 is 5.69. The topological polar surface area (TPSA) is 93.0 Å². The fourth-order valence-electron chi connectivity index (χ4n) is 1.73. The third-order valence-electron chi connectivity index (χ3n) is 2.73. The molecule has 0 spiro atoms. The van der Waals surface area contributed by atoms with E-state index in [4.69, 9.17) is 11.6 Å². The molecule has 0 bridgehead atoms. The Morgan fingerprint density at radius 1 is 1.36 bits per heavy atom. The van der Waals surface area contributed by atoms with Crippen LogP contribution in [0.5, 0.6) is 0 Å². The normalized spacial score (nSPS) is 10.3. The van der Waals surface area contributed by atoms with E-state index in [1.165, 1.54) is 18.5 Å². The molecule has 0 atom stereocenters. The first-order chi connectivity index (χ1) is 10.5. The molecule has 2 N–H and O–H groups in total. The maximum atomic E-state index is 13.1.